The summed E-state index contributed by atoms with van der Waals surface area (Å²) in [6.45, 7) is 3.07. The summed E-state index contributed by atoms with van der Waals surface area (Å²) in [5.74, 6) is 1.47. The van der Waals surface area contributed by atoms with Gasteiger partial charge in [-0.1, -0.05) is 19.4 Å². The van der Waals surface area contributed by atoms with Crippen molar-refractivity contribution in [3.8, 4) is 5.75 Å². The predicted octanol–water partition coefficient (Wildman–Crippen LogP) is 4.30. The summed E-state index contributed by atoms with van der Waals surface area (Å²) in [7, 11) is 4.11. The number of thioether (sulfide) groups is 1. The molecule has 22 heavy (non-hydrogen) atoms. The van der Waals surface area contributed by atoms with Gasteiger partial charge in [0.25, 0.3) is 0 Å². The number of carbonyl (C=O) groups is 1. The summed E-state index contributed by atoms with van der Waals surface area (Å²) >= 11 is 1.25. The highest BCUT2D eigenvalue weighted by atomic mass is 32.2. The van der Waals surface area contributed by atoms with Gasteiger partial charge in [-0.15, -0.1) is 0 Å². The van der Waals surface area contributed by atoms with Crippen molar-refractivity contribution >= 4 is 28.0 Å². The zero-order chi connectivity index (χ0) is 15.9. The van der Waals surface area contributed by atoms with Gasteiger partial charge in [0.2, 0.25) is 0 Å². The molecule has 2 rings (SSSR count). The minimum atomic E-state index is -0.222. The normalized spacial score (nSPS) is 11.3. The van der Waals surface area contributed by atoms with Gasteiger partial charge in [-0.25, -0.2) is 4.79 Å². The largest absolute Gasteiger partial charge is 0.418 e. The van der Waals surface area contributed by atoms with Crippen LogP contribution in [0.4, 0.5) is 4.79 Å². The highest BCUT2D eigenvalue weighted by Gasteiger charge is 2.13. The molecule has 0 radical (unpaired) electrons. The van der Waals surface area contributed by atoms with Gasteiger partial charge < -0.3 is 14.6 Å². The first-order valence-corrected chi connectivity index (χ1v) is 8.68. The molecule has 1 N–H and O–H groups in total. The molecule has 0 amide bonds. The number of likely N-dealkylation sites (N-methyl/N-ethyl adjacent to an activating group) is 1. The fourth-order valence-corrected chi connectivity index (χ4v) is 3.01. The number of aromatic nitrogens is 1. The van der Waals surface area contributed by atoms with Crippen LogP contribution < -0.4 is 4.74 Å². The Bertz CT molecular complexity index is 622. The van der Waals surface area contributed by atoms with E-state index >= 15 is 0 Å². The van der Waals surface area contributed by atoms with Gasteiger partial charge in [0.15, 0.2) is 0 Å². The molecule has 5 heteroatoms. The van der Waals surface area contributed by atoms with E-state index in [9.17, 15) is 4.79 Å². The molecular formula is C17H24N2O2S. The van der Waals surface area contributed by atoms with Gasteiger partial charge in [0.05, 0.1) is 0 Å². The fourth-order valence-electron chi connectivity index (χ4n) is 2.27. The Balaban J connectivity index is 2.14. The van der Waals surface area contributed by atoms with Gasteiger partial charge >= 0.3 is 5.30 Å². The lowest BCUT2D eigenvalue weighted by Crippen LogP contribution is -2.15. The van der Waals surface area contributed by atoms with Crippen LogP contribution in [0.5, 0.6) is 5.75 Å². The standard InChI is InChI=1S/C17H24N2O2S/c1-4-5-11-22-17(20)21-15-8-6-7-14-16(15)13(12-18-14)9-10-19(2)3/h6-8,12,18H,4-5,9-11H2,1-3H3. The molecule has 1 heterocycles. The predicted molar refractivity (Wildman–Crippen MR) is 93.9 cm³/mol. The minimum Gasteiger partial charge on any atom is -0.418 e. The third-order valence-corrected chi connectivity index (χ3v) is 4.30. The Kier molecular flexibility index (Phi) is 6.34. The summed E-state index contributed by atoms with van der Waals surface area (Å²) in [6, 6.07) is 5.79. The zero-order valence-electron chi connectivity index (χ0n) is 13.5. The Morgan fingerprint density at radius 2 is 2.18 bits per heavy atom. The first kappa shape index (κ1) is 16.9. The fraction of sp³-hybridized carbons (Fsp3) is 0.471. The van der Waals surface area contributed by atoms with Crippen LogP contribution in [0.1, 0.15) is 25.3 Å². The molecule has 0 atom stereocenters. The van der Waals surface area contributed by atoms with Crippen molar-refractivity contribution in [1.29, 1.82) is 0 Å². The molecule has 0 spiro atoms. The van der Waals surface area contributed by atoms with Crippen molar-refractivity contribution in [2.45, 2.75) is 26.2 Å². The average Bonchev–Trinajstić information content (AvgIpc) is 2.89. The molecule has 0 saturated heterocycles. The Morgan fingerprint density at radius 1 is 1.36 bits per heavy atom. The van der Waals surface area contributed by atoms with Crippen LogP contribution >= 0.6 is 11.8 Å². The lowest BCUT2D eigenvalue weighted by Gasteiger charge is -2.10. The van der Waals surface area contributed by atoms with Gasteiger partial charge in [-0.3, -0.25) is 0 Å². The molecule has 1 aromatic carbocycles. The maximum Gasteiger partial charge on any atom is 0.372 e. The van der Waals surface area contributed by atoms with E-state index in [-0.39, 0.29) is 5.30 Å². The number of unbranched alkanes of at least 4 members (excludes halogenated alkanes) is 1. The Morgan fingerprint density at radius 3 is 2.91 bits per heavy atom. The monoisotopic (exact) mass is 320 g/mol. The lowest BCUT2D eigenvalue weighted by molar-refractivity contribution is 0.227. The minimum absolute atomic E-state index is 0.222. The third kappa shape index (κ3) is 4.52. The number of carbonyl (C=O) groups excluding carboxylic acids is 1. The number of hydrogen-bond donors (Lipinski definition) is 1. The number of nitrogens with one attached hydrogen (secondary N) is 1. The van der Waals surface area contributed by atoms with Crippen LogP contribution in [0.25, 0.3) is 10.9 Å². The molecule has 0 aliphatic carbocycles. The number of benzene rings is 1. The molecule has 2 aromatic rings. The van der Waals surface area contributed by atoms with Crippen LogP contribution in [0.3, 0.4) is 0 Å². The topological polar surface area (TPSA) is 45.3 Å². The lowest BCUT2D eigenvalue weighted by atomic mass is 10.1. The van der Waals surface area contributed by atoms with Gasteiger partial charge in [0.1, 0.15) is 5.75 Å². The van der Waals surface area contributed by atoms with E-state index in [0.717, 1.165) is 42.5 Å². The second kappa shape index (κ2) is 8.25. The van der Waals surface area contributed by atoms with Crippen molar-refractivity contribution in [2.24, 2.45) is 0 Å². The van der Waals surface area contributed by atoms with Crippen molar-refractivity contribution in [3.05, 3.63) is 30.0 Å². The van der Waals surface area contributed by atoms with E-state index in [1.807, 2.05) is 24.4 Å². The third-order valence-electron chi connectivity index (χ3n) is 3.49. The summed E-state index contributed by atoms with van der Waals surface area (Å²) in [4.78, 5) is 17.4. The smallest absolute Gasteiger partial charge is 0.372 e. The SMILES string of the molecule is CCCCSC(=O)Oc1cccc2[nH]cc(CCN(C)C)c12. The number of hydrogen-bond acceptors (Lipinski definition) is 4. The quantitative estimate of drug-likeness (QED) is 0.610. The number of rotatable bonds is 7. The van der Waals surface area contributed by atoms with E-state index in [0.29, 0.717) is 5.75 Å². The second-order valence-electron chi connectivity index (χ2n) is 5.60. The van der Waals surface area contributed by atoms with E-state index in [1.165, 1.54) is 17.3 Å². The molecule has 0 aliphatic heterocycles. The van der Waals surface area contributed by atoms with Gasteiger partial charge in [0, 0.05) is 29.4 Å². The molecule has 0 bridgehead atoms. The van der Waals surface area contributed by atoms with Crippen molar-refractivity contribution in [1.82, 2.24) is 9.88 Å². The second-order valence-corrected chi connectivity index (χ2v) is 6.63. The molecule has 0 aliphatic rings. The molecule has 0 saturated carbocycles. The van der Waals surface area contributed by atoms with Crippen LogP contribution in [-0.4, -0.2) is 41.6 Å². The van der Waals surface area contributed by atoms with Crippen LogP contribution in [0.2, 0.25) is 0 Å². The maximum absolute atomic E-state index is 12.0. The molecule has 1 aromatic heterocycles. The molecule has 0 fully saturated rings. The summed E-state index contributed by atoms with van der Waals surface area (Å²) in [6.07, 6.45) is 5.05. The first-order valence-electron chi connectivity index (χ1n) is 7.70. The maximum atomic E-state index is 12.0. The molecular weight excluding hydrogens is 296 g/mol. The molecule has 0 unspecified atom stereocenters. The van der Waals surface area contributed by atoms with Crippen molar-refractivity contribution in [3.63, 3.8) is 0 Å². The average molecular weight is 320 g/mol. The zero-order valence-corrected chi connectivity index (χ0v) is 14.3. The highest BCUT2D eigenvalue weighted by Crippen LogP contribution is 2.30. The summed E-state index contributed by atoms with van der Waals surface area (Å²) in [5, 5.41) is 0.800. The van der Waals surface area contributed by atoms with Crippen LogP contribution in [0, 0.1) is 0 Å². The number of H-pyrrole nitrogens is 1. The summed E-state index contributed by atoms with van der Waals surface area (Å²) in [5.41, 5.74) is 2.20. The van der Waals surface area contributed by atoms with Gasteiger partial charge in [-0.05, 0) is 56.4 Å². The molecule has 120 valence electrons. The van der Waals surface area contributed by atoms with Crippen LogP contribution in [-0.2, 0) is 6.42 Å². The summed E-state index contributed by atoms with van der Waals surface area (Å²) < 4.78 is 5.57. The van der Waals surface area contributed by atoms with Crippen LogP contribution in [0.15, 0.2) is 24.4 Å². The van der Waals surface area contributed by atoms with Gasteiger partial charge in [-0.2, -0.15) is 0 Å². The number of fused-ring (bicyclic) bond motifs is 1. The van der Waals surface area contributed by atoms with E-state index in [2.05, 4.69) is 30.9 Å². The Hall–Kier alpha value is -1.46. The number of ether oxygens (including phenoxy) is 1. The first-order chi connectivity index (χ1) is 10.6. The number of aromatic amines is 1. The number of nitrogens with zero attached hydrogens (tertiary/aromatic N) is 1. The van der Waals surface area contributed by atoms with Crippen molar-refractivity contribution in [2.75, 3.05) is 26.4 Å². The highest BCUT2D eigenvalue weighted by molar-refractivity contribution is 8.13. The molecule has 4 nitrogen and oxygen atoms in total. The van der Waals surface area contributed by atoms with E-state index < -0.39 is 0 Å². The van der Waals surface area contributed by atoms with E-state index in [1.54, 1.807) is 0 Å². The van der Waals surface area contributed by atoms with E-state index in [4.69, 9.17) is 4.74 Å². The Labute approximate surface area is 136 Å². The van der Waals surface area contributed by atoms with Crippen molar-refractivity contribution < 1.29 is 9.53 Å².